The predicted molar refractivity (Wildman–Crippen MR) is 78.6 cm³/mol. The minimum absolute atomic E-state index is 0.0232. The van der Waals surface area contributed by atoms with E-state index in [9.17, 15) is 8.42 Å². The van der Waals surface area contributed by atoms with Crippen molar-refractivity contribution >= 4 is 16.0 Å². The number of anilines is 1. The van der Waals surface area contributed by atoms with Crippen molar-refractivity contribution in [1.82, 2.24) is 14.7 Å². The van der Waals surface area contributed by atoms with Crippen molar-refractivity contribution in [1.29, 1.82) is 0 Å². The zero-order valence-electron chi connectivity index (χ0n) is 11.7. The third-order valence-electron chi connectivity index (χ3n) is 2.79. The Labute approximate surface area is 123 Å². The van der Waals surface area contributed by atoms with E-state index in [0.717, 1.165) is 11.3 Å². The summed E-state index contributed by atoms with van der Waals surface area (Å²) in [5.74, 6) is 1.08. The van der Waals surface area contributed by atoms with Crippen molar-refractivity contribution in [2.45, 2.75) is 11.4 Å². The molecule has 2 N–H and O–H groups in total. The number of rotatable bonds is 6. The first-order valence-electron chi connectivity index (χ1n) is 6.17. The molecule has 0 saturated carbocycles. The number of ether oxygens (including phenoxy) is 1. The molecule has 8 heteroatoms. The molecule has 2 aromatic rings. The number of nitrogens with one attached hydrogen (secondary N) is 2. The van der Waals surface area contributed by atoms with Crippen LogP contribution in [0.5, 0.6) is 5.75 Å². The highest BCUT2D eigenvalue weighted by Crippen LogP contribution is 2.12. The monoisotopic (exact) mass is 308 g/mol. The third-order valence-corrected chi connectivity index (χ3v) is 4.14. The topological polar surface area (TPSA) is 93.2 Å². The van der Waals surface area contributed by atoms with Crippen LogP contribution in [0.4, 0.5) is 5.95 Å². The fourth-order valence-corrected chi connectivity index (χ4v) is 2.50. The largest absolute Gasteiger partial charge is 0.497 e. The van der Waals surface area contributed by atoms with E-state index in [-0.39, 0.29) is 11.4 Å². The predicted octanol–water partition coefficient (Wildman–Crippen LogP) is 1.01. The molecule has 1 aromatic heterocycles. The number of methoxy groups -OCH3 is 1. The van der Waals surface area contributed by atoms with Gasteiger partial charge in [0.25, 0.3) is 0 Å². The van der Waals surface area contributed by atoms with Gasteiger partial charge in [-0.3, -0.25) is 0 Å². The van der Waals surface area contributed by atoms with E-state index in [1.54, 1.807) is 38.4 Å². The Morgan fingerprint density at radius 3 is 2.29 bits per heavy atom. The first-order chi connectivity index (χ1) is 10.0. The maximum Gasteiger partial charge on any atom is 0.243 e. The summed E-state index contributed by atoms with van der Waals surface area (Å²) in [6, 6.07) is 7.13. The standard InChI is InChI=1S/C13H16N4O3S/c1-14-13-15-8-12(9-16-13)21(18,19)17-7-10-3-5-11(20-2)6-4-10/h3-6,8-9,17H,7H2,1-2H3,(H,14,15,16). The highest BCUT2D eigenvalue weighted by molar-refractivity contribution is 7.89. The normalized spacial score (nSPS) is 11.1. The Hall–Kier alpha value is -2.19. The fraction of sp³-hybridized carbons (Fsp3) is 0.231. The van der Waals surface area contributed by atoms with E-state index in [0.29, 0.717) is 5.95 Å². The van der Waals surface area contributed by atoms with Crippen LogP contribution >= 0.6 is 0 Å². The number of hydrogen-bond donors (Lipinski definition) is 2. The fourth-order valence-electron chi connectivity index (χ4n) is 1.59. The third kappa shape index (κ3) is 3.89. The van der Waals surface area contributed by atoms with Crippen LogP contribution in [0.1, 0.15) is 5.56 Å². The molecule has 2 rings (SSSR count). The Morgan fingerprint density at radius 1 is 1.14 bits per heavy atom. The molecule has 0 unspecified atom stereocenters. The SMILES string of the molecule is CNc1ncc(S(=O)(=O)NCc2ccc(OC)cc2)cn1. The highest BCUT2D eigenvalue weighted by atomic mass is 32.2. The van der Waals surface area contributed by atoms with Gasteiger partial charge in [-0.15, -0.1) is 0 Å². The van der Waals surface area contributed by atoms with Gasteiger partial charge >= 0.3 is 0 Å². The highest BCUT2D eigenvalue weighted by Gasteiger charge is 2.14. The molecule has 1 aromatic carbocycles. The molecule has 0 spiro atoms. The first kappa shape index (κ1) is 15.2. The van der Waals surface area contributed by atoms with Gasteiger partial charge in [-0.25, -0.2) is 23.1 Å². The Morgan fingerprint density at radius 2 is 1.76 bits per heavy atom. The lowest BCUT2D eigenvalue weighted by molar-refractivity contribution is 0.414. The second-order valence-corrected chi connectivity index (χ2v) is 5.93. The van der Waals surface area contributed by atoms with Gasteiger partial charge in [0.1, 0.15) is 10.6 Å². The molecular weight excluding hydrogens is 292 g/mol. The minimum atomic E-state index is -3.63. The van der Waals surface area contributed by atoms with Gasteiger partial charge in [0.05, 0.1) is 19.5 Å². The van der Waals surface area contributed by atoms with Crippen molar-refractivity contribution in [2.24, 2.45) is 0 Å². The molecule has 0 fully saturated rings. The van der Waals surface area contributed by atoms with Crippen LogP contribution in [-0.2, 0) is 16.6 Å². The zero-order valence-corrected chi connectivity index (χ0v) is 12.5. The van der Waals surface area contributed by atoms with Gasteiger partial charge in [-0.1, -0.05) is 12.1 Å². The second-order valence-electron chi connectivity index (χ2n) is 4.16. The second kappa shape index (κ2) is 6.51. The summed E-state index contributed by atoms with van der Waals surface area (Å²) >= 11 is 0. The van der Waals surface area contributed by atoms with Gasteiger partial charge in [-0.2, -0.15) is 0 Å². The van der Waals surface area contributed by atoms with E-state index in [2.05, 4.69) is 20.0 Å². The first-order valence-corrected chi connectivity index (χ1v) is 7.66. The number of aromatic nitrogens is 2. The maximum atomic E-state index is 12.1. The average molecular weight is 308 g/mol. The van der Waals surface area contributed by atoms with Gasteiger partial charge in [0.15, 0.2) is 0 Å². The van der Waals surface area contributed by atoms with Crippen LogP contribution in [0, 0.1) is 0 Å². The Kier molecular flexibility index (Phi) is 4.71. The summed E-state index contributed by atoms with van der Waals surface area (Å²) in [5.41, 5.74) is 0.826. The molecule has 0 aliphatic heterocycles. The molecule has 112 valence electrons. The summed E-state index contributed by atoms with van der Waals surface area (Å²) in [5, 5.41) is 2.72. The molecule has 0 atom stereocenters. The Bertz CT molecular complexity index is 684. The summed E-state index contributed by atoms with van der Waals surface area (Å²) in [6.07, 6.45) is 2.52. The lowest BCUT2D eigenvalue weighted by Crippen LogP contribution is -2.23. The molecule has 7 nitrogen and oxygen atoms in total. The van der Waals surface area contributed by atoms with Crippen LogP contribution in [0.25, 0.3) is 0 Å². The van der Waals surface area contributed by atoms with Crippen molar-refractivity contribution < 1.29 is 13.2 Å². The van der Waals surface area contributed by atoms with Crippen LogP contribution in [-0.4, -0.2) is 32.5 Å². The van der Waals surface area contributed by atoms with Gasteiger partial charge in [0, 0.05) is 13.6 Å². The van der Waals surface area contributed by atoms with Crippen molar-refractivity contribution in [3.63, 3.8) is 0 Å². The van der Waals surface area contributed by atoms with Crippen LogP contribution in [0.15, 0.2) is 41.6 Å². The molecule has 1 heterocycles. The number of nitrogens with zero attached hydrogens (tertiary/aromatic N) is 2. The molecular formula is C13H16N4O3S. The smallest absolute Gasteiger partial charge is 0.243 e. The van der Waals surface area contributed by atoms with E-state index in [1.165, 1.54) is 12.4 Å². The summed E-state index contributed by atoms with van der Waals surface area (Å²) in [7, 11) is -0.399. The van der Waals surface area contributed by atoms with E-state index in [4.69, 9.17) is 4.74 Å². The lowest BCUT2D eigenvalue weighted by atomic mass is 10.2. The summed E-state index contributed by atoms with van der Waals surface area (Å²) < 4.78 is 31.7. The quantitative estimate of drug-likeness (QED) is 0.827. The molecule has 0 radical (unpaired) electrons. The van der Waals surface area contributed by atoms with E-state index < -0.39 is 10.0 Å². The summed E-state index contributed by atoms with van der Waals surface area (Å²) in [6.45, 7) is 0.181. The van der Waals surface area contributed by atoms with E-state index >= 15 is 0 Å². The average Bonchev–Trinajstić information content (AvgIpc) is 2.53. The van der Waals surface area contributed by atoms with Gasteiger partial charge in [0.2, 0.25) is 16.0 Å². The Balaban J connectivity index is 2.05. The van der Waals surface area contributed by atoms with E-state index in [1.807, 2.05) is 0 Å². The van der Waals surface area contributed by atoms with Crippen LogP contribution in [0.3, 0.4) is 0 Å². The lowest BCUT2D eigenvalue weighted by Gasteiger charge is -2.07. The maximum absolute atomic E-state index is 12.1. The van der Waals surface area contributed by atoms with Crippen LogP contribution < -0.4 is 14.8 Å². The molecule has 0 aliphatic carbocycles. The number of hydrogen-bond acceptors (Lipinski definition) is 6. The number of benzene rings is 1. The minimum Gasteiger partial charge on any atom is -0.497 e. The zero-order chi connectivity index (χ0) is 15.3. The van der Waals surface area contributed by atoms with Gasteiger partial charge < -0.3 is 10.1 Å². The molecule has 0 saturated heterocycles. The number of sulfonamides is 1. The van der Waals surface area contributed by atoms with Crippen LogP contribution in [0.2, 0.25) is 0 Å². The van der Waals surface area contributed by atoms with Crippen molar-refractivity contribution in [3.8, 4) is 5.75 Å². The molecule has 0 aliphatic rings. The molecule has 0 amide bonds. The molecule has 0 bridgehead atoms. The summed E-state index contributed by atoms with van der Waals surface area (Å²) in [4.78, 5) is 7.79. The van der Waals surface area contributed by atoms with Crippen molar-refractivity contribution in [3.05, 3.63) is 42.2 Å². The van der Waals surface area contributed by atoms with Gasteiger partial charge in [-0.05, 0) is 17.7 Å². The van der Waals surface area contributed by atoms with Crippen molar-refractivity contribution in [2.75, 3.05) is 19.5 Å². The molecule has 21 heavy (non-hydrogen) atoms.